The minimum absolute atomic E-state index is 0.157. The van der Waals surface area contributed by atoms with Crippen molar-refractivity contribution in [3.8, 4) is 17.2 Å². The summed E-state index contributed by atoms with van der Waals surface area (Å²) in [5.74, 6) is 1.63. The van der Waals surface area contributed by atoms with Crippen molar-refractivity contribution < 1.29 is 28.6 Å². The molecule has 3 aromatic rings. The van der Waals surface area contributed by atoms with Crippen molar-refractivity contribution in [3.63, 3.8) is 0 Å². The number of rotatable bonds is 14. The Morgan fingerprint density at radius 1 is 0.524 bits per heavy atom. The van der Waals surface area contributed by atoms with E-state index >= 15 is 0 Å². The zero-order valence-electron chi connectivity index (χ0n) is 24.6. The maximum Gasteiger partial charge on any atom is 0.412 e. The number of unbranched alkanes of at least 4 members (excludes halogenated alkanes) is 1. The van der Waals surface area contributed by atoms with E-state index in [2.05, 4.69) is 16.0 Å². The second-order valence-corrected chi connectivity index (χ2v) is 10.3. The summed E-state index contributed by atoms with van der Waals surface area (Å²) in [5, 5.41) is 8.42. The second-order valence-electron chi connectivity index (χ2n) is 10.3. The lowest BCUT2D eigenvalue weighted by Gasteiger charge is -2.18. The quantitative estimate of drug-likeness (QED) is 0.181. The van der Waals surface area contributed by atoms with Crippen molar-refractivity contribution in [3.05, 3.63) is 89.5 Å². The number of nitrogens with one attached hydrogen (secondary N) is 3. The minimum atomic E-state index is -0.510. The molecule has 1 atom stereocenters. The van der Waals surface area contributed by atoms with Gasteiger partial charge in [-0.15, -0.1) is 0 Å². The van der Waals surface area contributed by atoms with E-state index in [4.69, 9.17) is 14.2 Å². The third kappa shape index (κ3) is 12.8. The first-order valence-electron chi connectivity index (χ1n) is 14.3. The van der Waals surface area contributed by atoms with Crippen molar-refractivity contribution in [2.75, 3.05) is 19.6 Å². The molecule has 0 heterocycles. The molecule has 42 heavy (non-hydrogen) atoms. The Bertz CT molecular complexity index is 1260. The largest absolute Gasteiger partial charge is 0.412 e. The molecule has 9 heteroatoms. The molecule has 0 bridgehead atoms. The third-order valence-electron chi connectivity index (χ3n) is 6.60. The van der Waals surface area contributed by atoms with Gasteiger partial charge in [-0.05, 0) is 88.8 Å². The van der Waals surface area contributed by atoms with E-state index in [1.54, 1.807) is 36.4 Å². The highest BCUT2D eigenvalue weighted by Gasteiger charge is 2.13. The molecule has 0 aliphatic heterocycles. The normalized spacial score (nSPS) is 11.2. The first-order chi connectivity index (χ1) is 20.3. The van der Waals surface area contributed by atoms with Crippen LogP contribution in [0.1, 0.15) is 48.8 Å². The second kappa shape index (κ2) is 17.3. The number of hydrogen-bond acceptors (Lipinski definition) is 6. The van der Waals surface area contributed by atoms with Gasteiger partial charge in [0.25, 0.3) is 0 Å². The fraction of sp³-hybridized carbons (Fsp3) is 0.364. The number of carbonyl (C=O) groups is 3. The van der Waals surface area contributed by atoms with E-state index in [1.807, 2.05) is 57.2 Å². The van der Waals surface area contributed by atoms with Gasteiger partial charge in [0.05, 0.1) is 0 Å². The van der Waals surface area contributed by atoms with Crippen LogP contribution in [0.5, 0.6) is 17.2 Å². The summed E-state index contributed by atoms with van der Waals surface area (Å²) in [6.45, 7) is 7.26. The van der Waals surface area contributed by atoms with Gasteiger partial charge in [-0.1, -0.05) is 59.5 Å². The van der Waals surface area contributed by atoms with Gasteiger partial charge >= 0.3 is 18.3 Å². The van der Waals surface area contributed by atoms with E-state index < -0.39 is 18.3 Å². The van der Waals surface area contributed by atoms with Crippen LogP contribution in [0.3, 0.4) is 0 Å². The monoisotopic (exact) mass is 575 g/mol. The summed E-state index contributed by atoms with van der Waals surface area (Å²) < 4.78 is 16.0. The highest BCUT2D eigenvalue weighted by molar-refractivity contribution is 5.71. The standard InChI is InChI=1S/C33H41N3O6/c1-24-9-15-28(16-10-24)40-31(37)34-21-5-4-7-27(23-36-33(39)42-30-19-13-26(3)14-20-30)8-6-22-35-32(38)41-29-17-11-25(2)12-18-29/h9-20,27H,4-8,21-23H2,1-3H3,(H,34,37)(H,35,38)(H,36,39). The average molecular weight is 576 g/mol. The highest BCUT2D eigenvalue weighted by atomic mass is 16.6. The van der Waals surface area contributed by atoms with E-state index in [-0.39, 0.29) is 5.92 Å². The lowest BCUT2D eigenvalue weighted by atomic mass is 9.96. The third-order valence-corrected chi connectivity index (χ3v) is 6.60. The van der Waals surface area contributed by atoms with Crippen LogP contribution in [-0.4, -0.2) is 37.9 Å². The summed E-state index contributed by atoms with van der Waals surface area (Å²) >= 11 is 0. The first-order valence-corrected chi connectivity index (χ1v) is 14.3. The van der Waals surface area contributed by atoms with E-state index in [9.17, 15) is 14.4 Å². The molecule has 9 nitrogen and oxygen atoms in total. The summed E-state index contributed by atoms with van der Waals surface area (Å²) in [6, 6.07) is 21.8. The van der Waals surface area contributed by atoms with E-state index in [0.29, 0.717) is 43.3 Å². The number of benzene rings is 3. The number of aryl methyl sites for hydroxylation is 3. The summed E-state index contributed by atoms with van der Waals surface area (Å²) in [5.41, 5.74) is 3.26. The molecular formula is C33H41N3O6. The molecule has 3 amide bonds. The van der Waals surface area contributed by atoms with Crippen molar-refractivity contribution in [1.82, 2.24) is 16.0 Å². The topological polar surface area (TPSA) is 115 Å². The molecule has 0 fully saturated rings. The molecule has 0 aliphatic rings. The molecule has 0 saturated carbocycles. The van der Waals surface area contributed by atoms with E-state index in [0.717, 1.165) is 42.4 Å². The van der Waals surface area contributed by atoms with Gasteiger partial charge in [0, 0.05) is 19.6 Å². The molecule has 0 aliphatic carbocycles. The molecule has 3 rings (SSSR count). The van der Waals surface area contributed by atoms with Crippen LogP contribution in [0.4, 0.5) is 14.4 Å². The Morgan fingerprint density at radius 2 is 0.881 bits per heavy atom. The smallest absolute Gasteiger partial charge is 0.410 e. The van der Waals surface area contributed by atoms with Crippen LogP contribution in [0.2, 0.25) is 0 Å². The summed E-state index contributed by atoms with van der Waals surface area (Å²) in [6.07, 6.45) is 2.42. The van der Waals surface area contributed by atoms with Crippen LogP contribution in [0, 0.1) is 26.7 Å². The molecule has 0 radical (unpaired) electrons. The maximum absolute atomic E-state index is 12.4. The van der Waals surface area contributed by atoms with Crippen molar-refractivity contribution in [2.45, 2.75) is 52.9 Å². The van der Waals surface area contributed by atoms with Gasteiger partial charge in [0.2, 0.25) is 0 Å². The van der Waals surface area contributed by atoms with Crippen molar-refractivity contribution in [1.29, 1.82) is 0 Å². The zero-order valence-corrected chi connectivity index (χ0v) is 24.6. The number of carbonyl (C=O) groups excluding carboxylic acids is 3. The zero-order chi connectivity index (χ0) is 30.2. The molecular weight excluding hydrogens is 534 g/mol. The summed E-state index contributed by atoms with van der Waals surface area (Å²) in [7, 11) is 0. The Kier molecular flexibility index (Phi) is 13.2. The summed E-state index contributed by atoms with van der Waals surface area (Å²) in [4.78, 5) is 36.6. The van der Waals surface area contributed by atoms with Crippen molar-refractivity contribution in [2.24, 2.45) is 5.92 Å². The Hall–Kier alpha value is -4.53. The molecule has 3 N–H and O–H groups in total. The first kappa shape index (κ1) is 32.0. The fourth-order valence-corrected chi connectivity index (χ4v) is 4.15. The molecule has 3 aromatic carbocycles. The van der Waals surface area contributed by atoms with Gasteiger partial charge in [-0.2, -0.15) is 0 Å². The Balaban J connectivity index is 1.39. The van der Waals surface area contributed by atoms with Gasteiger partial charge < -0.3 is 30.2 Å². The van der Waals surface area contributed by atoms with Gasteiger partial charge in [0.15, 0.2) is 0 Å². The van der Waals surface area contributed by atoms with Gasteiger partial charge in [-0.3, -0.25) is 0 Å². The predicted molar refractivity (Wildman–Crippen MR) is 162 cm³/mol. The average Bonchev–Trinajstić information content (AvgIpc) is 2.97. The molecule has 0 spiro atoms. The van der Waals surface area contributed by atoms with Crippen LogP contribution in [-0.2, 0) is 0 Å². The van der Waals surface area contributed by atoms with E-state index in [1.165, 1.54) is 0 Å². The van der Waals surface area contributed by atoms with Gasteiger partial charge in [0.1, 0.15) is 17.2 Å². The van der Waals surface area contributed by atoms with Crippen LogP contribution >= 0.6 is 0 Å². The number of hydrogen-bond donors (Lipinski definition) is 3. The fourth-order valence-electron chi connectivity index (χ4n) is 4.15. The van der Waals surface area contributed by atoms with Crippen molar-refractivity contribution >= 4 is 18.3 Å². The molecule has 1 unspecified atom stereocenters. The predicted octanol–water partition coefficient (Wildman–Crippen LogP) is 6.84. The lowest BCUT2D eigenvalue weighted by Crippen LogP contribution is -2.33. The highest BCUT2D eigenvalue weighted by Crippen LogP contribution is 2.16. The van der Waals surface area contributed by atoms with Crippen LogP contribution < -0.4 is 30.2 Å². The Labute approximate surface area is 247 Å². The number of amides is 3. The SMILES string of the molecule is Cc1ccc(OC(=O)NCCCCC(CCCNC(=O)Oc2ccc(C)cc2)CNC(=O)Oc2ccc(C)cc2)cc1. The van der Waals surface area contributed by atoms with Gasteiger partial charge in [-0.25, -0.2) is 14.4 Å². The Morgan fingerprint density at radius 3 is 1.31 bits per heavy atom. The molecule has 224 valence electrons. The van der Waals surface area contributed by atoms with Crippen LogP contribution in [0.25, 0.3) is 0 Å². The molecule has 0 saturated heterocycles. The lowest BCUT2D eigenvalue weighted by molar-refractivity contribution is 0.196. The minimum Gasteiger partial charge on any atom is -0.410 e. The molecule has 0 aromatic heterocycles. The van der Waals surface area contributed by atoms with Crippen LogP contribution in [0.15, 0.2) is 72.8 Å². The number of ether oxygens (including phenoxy) is 3. The maximum atomic E-state index is 12.4.